The first-order valence-corrected chi connectivity index (χ1v) is 21.0. The lowest BCUT2D eigenvalue weighted by atomic mass is 9.79. The number of fused-ring (bicyclic) bond motifs is 5. The van der Waals surface area contributed by atoms with Crippen LogP contribution in [0.2, 0.25) is 0 Å². The van der Waals surface area contributed by atoms with E-state index < -0.39 is 5.67 Å². The van der Waals surface area contributed by atoms with Gasteiger partial charge in [0, 0.05) is 34.4 Å². The molecule has 0 radical (unpaired) electrons. The topological polar surface area (TPSA) is 86.0 Å². The van der Waals surface area contributed by atoms with Gasteiger partial charge >= 0.3 is 0 Å². The predicted molar refractivity (Wildman–Crippen MR) is 242 cm³/mol. The Bertz CT molecular complexity index is 2030. The number of hydrogen-bond donors (Lipinski definition) is 1. The van der Waals surface area contributed by atoms with Gasteiger partial charge in [-0.25, -0.2) is 19.3 Å². The lowest BCUT2D eigenvalue weighted by Gasteiger charge is -2.30. The fraction of sp³-hybridized carbons (Fsp3) is 0.417. The number of rotatable bonds is 9. The number of alkyl halides is 2. The Morgan fingerprint density at radius 1 is 1.00 bits per heavy atom. The number of anilines is 1. The van der Waals surface area contributed by atoms with Crippen LogP contribution in [0.5, 0.6) is 5.88 Å². The summed E-state index contributed by atoms with van der Waals surface area (Å²) >= 11 is 1.46. The lowest BCUT2D eigenvalue weighted by Crippen LogP contribution is -2.26. The van der Waals surface area contributed by atoms with Gasteiger partial charge in [-0.15, -0.1) is 0 Å². The minimum absolute atomic E-state index is 0.00469. The van der Waals surface area contributed by atoms with Crippen molar-refractivity contribution in [3.8, 4) is 17.1 Å². The fourth-order valence-corrected chi connectivity index (χ4v) is 6.84. The summed E-state index contributed by atoms with van der Waals surface area (Å²) in [7, 11) is 0.500. The van der Waals surface area contributed by atoms with Gasteiger partial charge in [0.05, 0.1) is 31.4 Å². The summed E-state index contributed by atoms with van der Waals surface area (Å²) < 4.78 is 40.3. The minimum atomic E-state index is -1.31. The van der Waals surface area contributed by atoms with Gasteiger partial charge in [0.25, 0.3) is 0 Å². The second kappa shape index (κ2) is 24.8. The lowest BCUT2D eigenvalue weighted by molar-refractivity contribution is 0.152. The number of aryl methyl sites for hydroxylation is 2. The molecule has 6 rings (SSSR count). The van der Waals surface area contributed by atoms with E-state index in [9.17, 15) is 8.78 Å². The minimum Gasteiger partial charge on any atom is -0.477 e. The largest absolute Gasteiger partial charge is 0.477 e. The van der Waals surface area contributed by atoms with Gasteiger partial charge in [0.15, 0.2) is 0 Å². The second-order valence-electron chi connectivity index (χ2n) is 14.4. The van der Waals surface area contributed by atoms with E-state index in [1.165, 1.54) is 11.9 Å². The molecule has 314 valence electrons. The van der Waals surface area contributed by atoms with E-state index in [0.717, 1.165) is 55.4 Å². The number of halogens is 2. The Morgan fingerprint density at radius 3 is 2.28 bits per heavy atom. The maximum Gasteiger partial charge on any atom is 0.245 e. The Labute approximate surface area is 351 Å². The average molecular weight is 814 g/mol. The van der Waals surface area contributed by atoms with Crippen molar-refractivity contribution in [2.24, 2.45) is 5.92 Å². The molecule has 5 aromatic rings. The third kappa shape index (κ3) is 15.2. The Kier molecular flexibility index (Phi) is 21.1. The molecule has 0 saturated carbocycles. The quantitative estimate of drug-likeness (QED) is 0.116. The highest BCUT2D eigenvalue weighted by Crippen LogP contribution is 2.38. The molecule has 10 heteroatoms. The van der Waals surface area contributed by atoms with Crippen LogP contribution in [0.25, 0.3) is 22.5 Å². The average Bonchev–Trinajstić information content (AvgIpc) is 3.65. The summed E-state index contributed by atoms with van der Waals surface area (Å²) in [6, 6.07) is 18.6. The molecule has 2 unspecified atom stereocenters. The van der Waals surface area contributed by atoms with Crippen molar-refractivity contribution in [2.75, 3.05) is 18.5 Å². The van der Waals surface area contributed by atoms with E-state index in [2.05, 4.69) is 93.0 Å². The third-order valence-electron chi connectivity index (χ3n) is 8.93. The smallest absolute Gasteiger partial charge is 0.245 e. The third-order valence-corrected chi connectivity index (χ3v) is 9.71. The summed E-state index contributed by atoms with van der Waals surface area (Å²) in [5.41, 5.74) is 7.17. The summed E-state index contributed by atoms with van der Waals surface area (Å²) in [5.74, 6) is 2.04. The summed E-state index contributed by atoms with van der Waals surface area (Å²) in [4.78, 5) is 20.2. The molecule has 58 heavy (non-hydrogen) atoms. The Morgan fingerprint density at radius 2 is 1.67 bits per heavy atom. The highest BCUT2D eigenvalue weighted by Gasteiger charge is 2.29. The number of ether oxygens (including phenoxy) is 1. The zero-order valence-electron chi connectivity index (χ0n) is 36.7. The second-order valence-corrected chi connectivity index (χ2v) is 15.3. The molecule has 4 heterocycles. The van der Waals surface area contributed by atoms with Crippen LogP contribution in [0.1, 0.15) is 115 Å². The Hall–Kier alpha value is -4.83. The zero-order valence-corrected chi connectivity index (χ0v) is 37.6. The van der Waals surface area contributed by atoms with Crippen LogP contribution in [0, 0.1) is 19.8 Å². The van der Waals surface area contributed by atoms with Gasteiger partial charge in [-0.3, -0.25) is 9.11 Å². The van der Waals surface area contributed by atoms with Crippen molar-refractivity contribution < 1.29 is 17.9 Å². The highest BCUT2D eigenvalue weighted by atomic mass is 32.2. The zero-order chi connectivity index (χ0) is 43.4. The van der Waals surface area contributed by atoms with Gasteiger partial charge in [-0.2, -0.15) is 4.98 Å². The fourth-order valence-electron chi connectivity index (χ4n) is 6.20. The molecule has 0 saturated heterocycles. The molecule has 1 aliphatic rings. The van der Waals surface area contributed by atoms with Crippen molar-refractivity contribution in [2.45, 2.75) is 118 Å². The van der Waals surface area contributed by atoms with Gasteiger partial charge in [-0.1, -0.05) is 109 Å². The monoisotopic (exact) mass is 813 g/mol. The number of hydrogen-bond acceptors (Lipinski definition) is 8. The van der Waals surface area contributed by atoms with E-state index in [1.54, 1.807) is 26.1 Å². The molecule has 1 N–H and O–H groups in total. The van der Waals surface area contributed by atoms with Crippen LogP contribution in [-0.2, 0) is 6.42 Å². The van der Waals surface area contributed by atoms with E-state index in [4.69, 9.17) is 24.1 Å². The highest BCUT2D eigenvalue weighted by molar-refractivity contribution is 8.00. The van der Waals surface area contributed by atoms with E-state index in [0.29, 0.717) is 50.6 Å². The van der Waals surface area contributed by atoms with Crippen LogP contribution in [0.4, 0.5) is 14.7 Å². The molecule has 3 aromatic heterocycles. The number of aromatic nitrogens is 4. The molecule has 0 amide bonds. The number of nitrogens with zero attached hydrogens (tertiary/aromatic N) is 4. The SMILES string of the molecule is C=C/C=C\C(=C)C.CC.CC.CF.Cc1cccc(C)c1-c1cc2nc(n1)NSc1cccc(c1)C(Cc1cnc3oc(C(C)C)cc3n1)C(CCC(C)(C)F)CO2. The molecular formula is C48H65F2N5O2S. The number of nitrogens with one attached hydrogen (secondary N) is 1. The normalized spacial score (nSPS) is 14.6. The molecule has 0 fully saturated rings. The summed E-state index contributed by atoms with van der Waals surface area (Å²) in [5, 5.41) is 0. The first-order chi connectivity index (χ1) is 27.8. The van der Waals surface area contributed by atoms with Gasteiger partial charge in [0.1, 0.15) is 16.9 Å². The maximum atomic E-state index is 15.0. The molecule has 0 spiro atoms. The number of benzene rings is 2. The molecule has 2 aromatic carbocycles. The van der Waals surface area contributed by atoms with Gasteiger partial charge in [0.2, 0.25) is 17.5 Å². The number of allylic oxidation sites excluding steroid dienone is 4. The van der Waals surface area contributed by atoms with Crippen LogP contribution >= 0.6 is 11.9 Å². The van der Waals surface area contributed by atoms with Crippen molar-refractivity contribution in [1.82, 2.24) is 19.9 Å². The van der Waals surface area contributed by atoms with Crippen LogP contribution in [0.3, 0.4) is 0 Å². The molecule has 1 aliphatic heterocycles. The van der Waals surface area contributed by atoms with Crippen LogP contribution in [0.15, 0.2) is 107 Å². The first-order valence-electron chi connectivity index (χ1n) is 20.2. The van der Waals surface area contributed by atoms with Crippen molar-refractivity contribution in [3.05, 3.63) is 126 Å². The van der Waals surface area contributed by atoms with Crippen molar-refractivity contribution in [1.29, 1.82) is 0 Å². The summed E-state index contributed by atoms with van der Waals surface area (Å²) in [6.07, 6.45) is 8.96. The standard InChI is InChI=1S/C36H40FN5O2S.C7H10.2C2H6.CH3F/c1-21(2)31-17-30-34(44-31)38-19-26(39-30)16-28-24-11-8-12-27(15-24)45-42-35-40-29(33-22(3)9-7-10-23(33)4)18-32(41-35)43-20-25(28)13-14-36(5,6)37;1-4-5-6-7(2)3;3*1-2/h7-12,15,17-19,21,25,28H,13-14,16,20H2,1-6H3,(H,40,41,42);4-6H,1-2H2,3H3;2*1-2H3;1H3/b;6-5-;;;. The molecule has 4 bridgehead atoms. The van der Waals surface area contributed by atoms with Crippen molar-refractivity contribution in [3.63, 3.8) is 0 Å². The number of furan rings is 1. The van der Waals surface area contributed by atoms with Crippen LogP contribution in [-0.4, -0.2) is 39.4 Å². The van der Waals surface area contributed by atoms with E-state index in [1.807, 2.05) is 58.9 Å². The van der Waals surface area contributed by atoms with Crippen LogP contribution < -0.4 is 9.46 Å². The van der Waals surface area contributed by atoms with E-state index >= 15 is 0 Å². The predicted octanol–water partition coefficient (Wildman–Crippen LogP) is 14.3. The van der Waals surface area contributed by atoms with Gasteiger partial charge in [-0.05, 0) is 101 Å². The van der Waals surface area contributed by atoms with E-state index in [-0.39, 0.29) is 17.8 Å². The summed E-state index contributed by atoms with van der Waals surface area (Å²) in [6.45, 7) is 29.1. The molecule has 7 nitrogen and oxygen atoms in total. The maximum absolute atomic E-state index is 15.0. The molecule has 0 aliphatic carbocycles. The van der Waals surface area contributed by atoms with Gasteiger partial charge < -0.3 is 9.15 Å². The van der Waals surface area contributed by atoms with Crippen molar-refractivity contribution >= 4 is 29.1 Å². The molecular weight excluding hydrogens is 749 g/mol. The Balaban J connectivity index is 0.000000790. The first kappa shape index (κ1) is 49.3. The molecule has 2 atom stereocenters.